The lowest BCUT2D eigenvalue weighted by Crippen LogP contribution is -2.30. The third kappa shape index (κ3) is 2.60. The first kappa shape index (κ1) is 12.4. The lowest BCUT2D eigenvalue weighted by molar-refractivity contribution is 0.0891. The lowest BCUT2D eigenvalue weighted by atomic mass is 9.66. The molecule has 0 aromatic carbocycles. The molecular formula is C14H26O2. The van der Waals surface area contributed by atoms with Gasteiger partial charge in [0.15, 0.2) is 0 Å². The summed E-state index contributed by atoms with van der Waals surface area (Å²) in [5, 5.41) is 18.1. The summed E-state index contributed by atoms with van der Waals surface area (Å²) < 4.78 is 0. The van der Waals surface area contributed by atoms with Crippen LogP contribution in [0.5, 0.6) is 0 Å². The molecule has 0 spiro atoms. The first-order chi connectivity index (χ1) is 7.67. The minimum atomic E-state index is 0.341. The lowest BCUT2D eigenvalue weighted by Gasteiger charge is -2.40. The van der Waals surface area contributed by atoms with E-state index >= 15 is 0 Å². The van der Waals surface area contributed by atoms with Crippen LogP contribution in [0.1, 0.15) is 51.9 Å². The zero-order chi connectivity index (χ0) is 11.6. The molecule has 0 saturated heterocycles. The molecule has 2 nitrogen and oxygen atoms in total. The van der Waals surface area contributed by atoms with Crippen molar-refractivity contribution in [2.45, 2.75) is 51.9 Å². The molecule has 0 aromatic heterocycles. The Morgan fingerprint density at radius 1 is 1.12 bits per heavy atom. The highest BCUT2D eigenvalue weighted by atomic mass is 16.3. The third-order valence-electron chi connectivity index (χ3n) is 5.07. The third-order valence-corrected chi connectivity index (χ3v) is 5.07. The second kappa shape index (κ2) is 5.05. The molecule has 0 aliphatic heterocycles. The standard InChI is InChI=1S/C14H26O2/c1-14(5-7-16)4-2-12-8-11(3-6-15)9-13(12)10-14/h11-13,15-16H,2-10H2,1H3. The van der Waals surface area contributed by atoms with E-state index in [1.807, 2.05) is 0 Å². The average molecular weight is 226 g/mol. The monoisotopic (exact) mass is 226 g/mol. The molecule has 2 heteroatoms. The molecule has 2 saturated carbocycles. The Labute approximate surface area is 99.1 Å². The summed E-state index contributed by atoms with van der Waals surface area (Å²) in [6.07, 6.45) is 8.60. The quantitative estimate of drug-likeness (QED) is 0.773. The van der Waals surface area contributed by atoms with E-state index in [2.05, 4.69) is 6.92 Å². The van der Waals surface area contributed by atoms with Crippen LogP contribution in [-0.2, 0) is 0 Å². The van der Waals surface area contributed by atoms with Gasteiger partial charge >= 0.3 is 0 Å². The van der Waals surface area contributed by atoms with Crippen molar-refractivity contribution in [1.29, 1.82) is 0 Å². The van der Waals surface area contributed by atoms with Gasteiger partial charge in [-0.2, -0.15) is 0 Å². The van der Waals surface area contributed by atoms with Gasteiger partial charge in [-0.3, -0.25) is 0 Å². The highest BCUT2D eigenvalue weighted by Gasteiger charge is 2.42. The molecule has 2 aliphatic carbocycles. The van der Waals surface area contributed by atoms with Gasteiger partial charge in [0, 0.05) is 13.2 Å². The Hall–Kier alpha value is -0.0800. The van der Waals surface area contributed by atoms with Crippen molar-refractivity contribution < 1.29 is 10.2 Å². The zero-order valence-electron chi connectivity index (χ0n) is 10.5. The molecule has 4 unspecified atom stereocenters. The molecule has 2 N–H and O–H groups in total. The molecule has 0 heterocycles. The van der Waals surface area contributed by atoms with E-state index in [0.717, 1.165) is 30.6 Å². The van der Waals surface area contributed by atoms with Gasteiger partial charge in [-0.25, -0.2) is 0 Å². The van der Waals surface area contributed by atoms with Crippen LogP contribution in [0.2, 0.25) is 0 Å². The minimum absolute atomic E-state index is 0.341. The van der Waals surface area contributed by atoms with Gasteiger partial charge in [0.25, 0.3) is 0 Å². The molecule has 16 heavy (non-hydrogen) atoms. The maximum atomic E-state index is 9.13. The van der Waals surface area contributed by atoms with E-state index in [0.29, 0.717) is 18.6 Å². The van der Waals surface area contributed by atoms with Gasteiger partial charge in [0.05, 0.1) is 0 Å². The first-order valence-electron chi connectivity index (χ1n) is 6.88. The fourth-order valence-electron chi connectivity index (χ4n) is 4.13. The molecule has 0 radical (unpaired) electrons. The summed E-state index contributed by atoms with van der Waals surface area (Å²) in [4.78, 5) is 0. The molecule has 2 fully saturated rings. The number of hydrogen-bond acceptors (Lipinski definition) is 2. The minimum Gasteiger partial charge on any atom is -0.396 e. The summed E-state index contributed by atoms with van der Waals surface area (Å²) in [5.41, 5.74) is 0.393. The van der Waals surface area contributed by atoms with E-state index in [4.69, 9.17) is 10.2 Å². The molecule has 2 aliphatic rings. The van der Waals surface area contributed by atoms with Gasteiger partial charge in [-0.1, -0.05) is 6.92 Å². The Morgan fingerprint density at radius 2 is 1.88 bits per heavy atom. The summed E-state index contributed by atoms with van der Waals surface area (Å²) in [7, 11) is 0. The smallest absolute Gasteiger partial charge is 0.0436 e. The maximum Gasteiger partial charge on any atom is 0.0436 e. The van der Waals surface area contributed by atoms with Crippen molar-refractivity contribution in [3.8, 4) is 0 Å². The Morgan fingerprint density at radius 3 is 2.56 bits per heavy atom. The summed E-state index contributed by atoms with van der Waals surface area (Å²) in [6, 6.07) is 0. The molecule has 0 aromatic rings. The second-order valence-electron chi connectivity index (χ2n) is 6.40. The number of rotatable bonds is 4. The van der Waals surface area contributed by atoms with Crippen molar-refractivity contribution in [1.82, 2.24) is 0 Å². The van der Waals surface area contributed by atoms with Crippen LogP contribution >= 0.6 is 0 Å². The number of hydrogen-bond donors (Lipinski definition) is 2. The van der Waals surface area contributed by atoms with Crippen molar-refractivity contribution in [2.24, 2.45) is 23.2 Å². The second-order valence-corrected chi connectivity index (χ2v) is 6.40. The van der Waals surface area contributed by atoms with Crippen LogP contribution in [0.25, 0.3) is 0 Å². The van der Waals surface area contributed by atoms with Crippen LogP contribution in [0.3, 0.4) is 0 Å². The van der Waals surface area contributed by atoms with Crippen molar-refractivity contribution in [2.75, 3.05) is 13.2 Å². The van der Waals surface area contributed by atoms with Gasteiger partial charge in [0.1, 0.15) is 0 Å². The maximum absolute atomic E-state index is 9.13. The van der Waals surface area contributed by atoms with Gasteiger partial charge in [-0.15, -0.1) is 0 Å². The summed E-state index contributed by atoms with van der Waals surface area (Å²) in [6.45, 7) is 3.05. The molecule has 0 amide bonds. The number of aliphatic hydroxyl groups is 2. The predicted octanol–water partition coefficient (Wildman–Crippen LogP) is 2.58. The largest absolute Gasteiger partial charge is 0.396 e. The Balaban J connectivity index is 1.90. The van der Waals surface area contributed by atoms with Gasteiger partial charge < -0.3 is 10.2 Å². The predicted molar refractivity (Wildman–Crippen MR) is 65.1 cm³/mol. The van der Waals surface area contributed by atoms with Crippen LogP contribution in [0, 0.1) is 23.2 Å². The van der Waals surface area contributed by atoms with Crippen LogP contribution in [0.15, 0.2) is 0 Å². The molecule has 4 atom stereocenters. The molecule has 0 bridgehead atoms. The van der Waals surface area contributed by atoms with Crippen LogP contribution in [-0.4, -0.2) is 23.4 Å². The fourth-order valence-corrected chi connectivity index (χ4v) is 4.13. The SMILES string of the molecule is CC1(CCO)CCC2CC(CCO)CC2C1. The van der Waals surface area contributed by atoms with E-state index in [-0.39, 0.29) is 0 Å². The van der Waals surface area contributed by atoms with E-state index in [1.54, 1.807) is 0 Å². The summed E-state index contributed by atoms with van der Waals surface area (Å²) >= 11 is 0. The van der Waals surface area contributed by atoms with E-state index in [9.17, 15) is 0 Å². The Bertz CT molecular complexity index is 229. The van der Waals surface area contributed by atoms with Crippen molar-refractivity contribution in [3.05, 3.63) is 0 Å². The van der Waals surface area contributed by atoms with Crippen molar-refractivity contribution in [3.63, 3.8) is 0 Å². The number of aliphatic hydroxyl groups excluding tert-OH is 2. The normalized spacial score (nSPS) is 43.3. The topological polar surface area (TPSA) is 40.5 Å². The zero-order valence-corrected chi connectivity index (χ0v) is 10.5. The van der Waals surface area contributed by atoms with Crippen LogP contribution in [0.4, 0.5) is 0 Å². The van der Waals surface area contributed by atoms with E-state index in [1.165, 1.54) is 32.1 Å². The average Bonchev–Trinajstić information content (AvgIpc) is 2.59. The van der Waals surface area contributed by atoms with Crippen LogP contribution < -0.4 is 0 Å². The fraction of sp³-hybridized carbons (Fsp3) is 1.00. The van der Waals surface area contributed by atoms with Crippen molar-refractivity contribution >= 4 is 0 Å². The summed E-state index contributed by atoms with van der Waals surface area (Å²) in [5.74, 6) is 2.57. The molecule has 2 rings (SSSR count). The van der Waals surface area contributed by atoms with Gasteiger partial charge in [0.2, 0.25) is 0 Å². The number of fused-ring (bicyclic) bond motifs is 1. The molecule has 94 valence electrons. The van der Waals surface area contributed by atoms with Gasteiger partial charge in [-0.05, 0) is 68.1 Å². The molecular weight excluding hydrogens is 200 g/mol. The van der Waals surface area contributed by atoms with E-state index < -0.39 is 0 Å². The first-order valence-corrected chi connectivity index (χ1v) is 6.88. The Kier molecular flexibility index (Phi) is 3.91. The highest BCUT2D eigenvalue weighted by molar-refractivity contribution is 4.93. The highest BCUT2D eigenvalue weighted by Crippen LogP contribution is 2.52.